The maximum atomic E-state index is 3.72. The molecule has 0 aromatic heterocycles. The lowest BCUT2D eigenvalue weighted by molar-refractivity contribution is 0.0793. The molecule has 3 atom stereocenters. The summed E-state index contributed by atoms with van der Waals surface area (Å²) < 4.78 is 0. The van der Waals surface area contributed by atoms with Crippen LogP contribution in [0.3, 0.4) is 0 Å². The normalized spacial score (nSPS) is 29.2. The molecule has 0 aliphatic heterocycles. The van der Waals surface area contributed by atoms with Crippen molar-refractivity contribution >= 4 is 0 Å². The van der Waals surface area contributed by atoms with Gasteiger partial charge >= 0.3 is 0 Å². The van der Waals surface area contributed by atoms with Gasteiger partial charge in [-0.25, -0.2) is 0 Å². The van der Waals surface area contributed by atoms with E-state index >= 15 is 0 Å². The summed E-state index contributed by atoms with van der Waals surface area (Å²) in [5.74, 6) is 0.946. The molecule has 2 heteroatoms. The van der Waals surface area contributed by atoms with Crippen LogP contribution in [0.15, 0.2) is 0 Å². The average molecular weight is 254 g/mol. The Morgan fingerprint density at radius 2 is 1.78 bits per heavy atom. The van der Waals surface area contributed by atoms with E-state index in [0.717, 1.165) is 24.5 Å². The van der Waals surface area contributed by atoms with Crippen molar-refractivity contribution in [2.45, 2.75) is 84.3 Å². The van der Waals surface area contributed by atoms with Crippen LogP contribution < -0.4 is 5.32 Å². The predicted octanol–water partition coefficient (Wildman–Crippen LogP) is 3.66. The molecule has 0 aromatic carbocycles. The van der Waals surface area contributed by atoms with Crippen LogP contribution in [0.25, 0.3) is 0 Å². The second-order valence-electron chi connectivity index (χ2n) is 5.95. The fourth-order valence-corrected chi connectivity index (χ4v) is 3.69. The van der Waals surface area contributed by atoms with E-state index in [1.54, 1.807) is 0 Å². The second-order valence-corrected chi connectivity index (χ2v) is 5.95. The summed E-state index contributed by atoms with van der Waals surface area (Å²) in [4.78, 5) is 2.68. The number of hydrogen-bond acceptors (Lipinski definition) is 2. The summed E-state index contributed by atoms with van der Waals surface area (Å²) in [6.07, 6.45) is 8.08. The minimum atomic E-state index is 0.711. The summed E-state index contributed by atoms with van der Waals surface area (Å²) in [5, 5.41) is 3.72. The summed E-state index contributed by atoms with van der Waals surface area (Å²) in [5.41, 5.74) is 0. The van der Waals surface area contributed by atoms with Crippen LogP contribution in [0.1, 0.15) is 66.2 Å². The zero-order chi connectivity index (χ0) is 13.5. The molecule has 108 valence electrons. The number of likely N-dealkylation sites (N-methyl/N-ethyl adjacent to an activating group) is 2. The van der Waals surface area contributed by atoms with Crippen molar-refractivity contribution < 1.29 is 0 Å². The van der Waals surface area contributed by atoms with Gasteiger partial charge in [-0.3, -0.25) is 4.90 Å². The van der Waals surface area contributed by atoms with Crippen LogP contribution in [0, 0.1) is 5.92 Å². The average Bonchev–Trinajstić information content (AvgIpc) is 2.40. The van der Waals surface area contributed by atoms with Crippen molar-refractivity contribution in [3.05, 3.63) is 0 Å². The molecule has 2 nitrogen and oxygen atoms in total. The summed E-state index contributed by atoms with van der Waals surface area (Å²) in [7, 11) is 2.35. The van der Waals surface area contributed by atoms with E-state index in [1.165, 1.54) is 38.5 Å². The van der Waals surface area contributed by atoms with Gasteiger partial charge in [0.1, 0.15) is 0 Å². The monoisotopic (exact) mass is 254 g/mol. The van der Waals surface area contributed by atoms with Crippen molar-refractivity contribution in [2.75, 3.05) is 13.6 Å². The standard InChI is InChI=1S/C16H34N2/c1-6-13-10-11-15(17-9-4)16(12-13)18(5)14(7-2)8-3/h13-17H,6-12H2,1-5H3. The molecule has 0 spiro atoms. The van der Waals surface area contributed by atoms with Gasteiger partial charge in [0, 0.05) is 18.1 Å². The third-order valence-corrected chi connectivity index (χ3v) is 5.01. The van der Waals surface area contributed by atoms with Gasteiger partial charge in [-0.15, -0.1) is 0 Å². The predicted molar refractivity (Wildman–Crippen MR) is 81.0 cm³/mol. The lowest BCUT2D eigenvalue weighted by atomic mass is 9.79. The first kappa shape index (κ1) is 16.0. The summed E-state index contributed by atoms with van der Waals surface area (Å²) >= 11 is 0. The molecule has 3 unspecified atom stereocenters. The first-order valence-electron chi connectivity index (χ1n) is 8.13. The SMILES string of the molecule is CCNC1CCC(CC)CC1N(C)C(CC)CC. The van der Waals surface area contributed by atoms with Crippen molar-refractivity contribution in [1.29, 1.82) is 0 Å². The Hall–Kier alpha value is -0.0800. The molecular weight excluding hydrogens is 220 g/mol. The van der Waals surface area contributed by atoms with Gasteiger partial charge in [0.25, 0.3) is 0 Å². The Balaban J connectivity index is 2.69. The van der Waals surface area contributed by atoms with E-state index in [2.05, 4.69) is 45.0 Å². The van der Waals surface area contributed by atoms with Gasteiger partial charge in [-0.2, -0.15) is 0 Å². The van der Waals surface area contributed by atoms with Gasteiger partial charge in [-0.05, 0) is 51.6 Å². The zero-order valence-corrected chi connectivity index (χ0v) is 13.2. The molecule has 18 heavy (non-hydrogen) atoms. The van der Waals surface area contributed by atoms with E-state index in [1.807, 2.05) is 0 Å². The maximum absolute atomic E-state index is 3.72. The Kier molecular flexibility index (Phi) is 7.25. The number of nitrogens with zero attached hydrogens (tertiary/aromatic N) is 1. The quantitative estimate of drug-likeness (QED) is 0.746. The van der Waals surface area contributed by atoms with Crippen LogP contribution >= 0.6 is 0 Å². The minimum absolute atomic E-state index is 0.711. The highest BCUT2D eigenvalue weighted by Gasteiger charge is 2.33. The lowest BCUT2D eigenvalue weighted by Gasteiger charge is -2.44. The third kappa shape index (κ3) is 3.96. The fraction of sp³-hybridized carbons (Fsp3) is 1.00. The van der Waals surface area contributed by atoms with E-state index in [-0.39, 0.29) is 0 Å². The molecule has 1 saturated carbocycles. The molecule has 1 N–H and O–H groups in total. The maximum Gasteiger partial charge on any atom is 0.0251 e. The topological polar surface area (TPSA) is 15.3 Å². The summed E-state index contributed by atoms with van der Waals surface area (Å²) in [6, 6.07) is 2.21. The van der Waals surface area contributed by atoms with E-state index in [0.29, 0.717) is 6.04 Å². The molecule has 0 heterocycles. The van der Waals surface area contributed by atoms with Crippen molar-refractivity contribution in [2.24, 2.45) is 5.92 Å². The van der Waals surface area contributed by atoms with Crippen LogP contribution in [-0.2, 0) is 0 Å². The smallest absolute Gasteiger partial charge is 0.0251 e. The fourth-order valence-electron chi connectivity index (χ4n) is 3.69. The molecule has 1 aliphatic carbocycles. The Labute approximate surface area is 115 Å². The molecule has 0 aromatic rings. The number of rotatable bonds is 7. The van der Waals surface area contributed by atoms with Crippen LogP contribution in [-0.4, -0.2) is 36.6 Å². The van der Waals surface area contributed by atoms with Gasteiger partial charge in [0.15, 0.2) is 0 Å². The highest BCUT2D eigenvalue weighted by Crippen LogP contribution is 2.31. The van der Waals surface area contributed by atoms with Gasteiger partial charge < -0.3 is 5.32 Å². The number of nitrogens with one attached hydrogen (secondary N) is 1. The van der Waals surface area contributed by atoms with E-state index in [9.17, 15) is 0 Å². The molecule has 1 rings (SSSR count). The van der Waals surface area contributed by atoms with Crippen molar-refractivity contribution in [3.63, 3.8) is 0 Å². The molecule has 0 radical (unpaired) electrons. The largest absolute Gasteiger partial charge is 0.313 e. The molecular formula is C16H34N2. The molecule has 0 saturated heterocycles. The first-order valence-corrected chi connectivity index (χ1v) is 8.13. The van der Waals surface area contributed by atoms with E-state index in [4.69, 9.17) is 0 Å². The molecule has 1 fully saturated rings. The zero-order valence-electron chi connectivity index (χ0n) is 13.2. The summed E-state index contributed by atoms with van der Waals surface area (Å²) in [6.45, 7) is 10.3. The van der Waals surface area contributed by atoms with Crippen molar-refractivity contribution in [3.8, 4) is 0 Å². The minimum Gasteiger partial charge on any atom is -0.313 e. The van der Waals surface area contributed by atoms with Crippen LogP contribution in [0.2, 0.25) is 0 Å². The van der Waals surface area contributed by atoms with E-state index < -0.39 is 0 Å². The highest BCUT2D eigenvalue weighted by molar-refractivity contribution is 4.91. The van der Waals surface area contributed by atoms with Crippen LogP contribution in [0.5, 0.6) is 0 Å². The Bertz CT molecular complexity index is 213. The second kappa shape index (κ2) is 8.16. The van der Waals surface area contributed by atoms with Gasteiger partial charge in [0.2, 0.25) is 0 Å². The van der Waals surface area contributed by atoms with Gasteiger partial charge in [0.05, 0.1) is 0 Å². The molecule has 0 bridgehead atoms. The van der Waals surface area contributed by atoms with Crippen molar-refractivity contribution in [1.82, 2.24) is 10.2 Å². The molecule has 0 amide bonds. The van der Waals surface area contributed by atoms with Crippen LogP contribution in [0.4, 0.5) is 0 Å². The number of hydrogen-bond donors (Lipinski definition) is 1. The Morgan fingerprint density at radius 3 is 2.28 bits per heavy atom. The van der Waals surface area contributed by atoms with Gasteiger partial charge in [-0.1, -0.05) is 34.1 Å². The Morgan fingerprint density at radius 1 is 1.11 bits per heavy atom. The third-order valence-electron chi connectivity index (χ3n) is 5.01. The highest BCUT2D eigenvalue weighted by atomic mass is 15.2. The first-order chi connectivity index (χ1) is 8.67. The molecule has 1 aliphatic rings. The lowest BCUT2D eigenvalue weighted by Crippen LogP contribution is -2.54.